The highest BCUT2D eigenvalue weighted by molar-refractivity contribution is 7.92. The fourth-order valence-electron chi connectivity index (χ4n) is 4.78. The van der Waals surface area contributed by atoms with Crippen molar-refractivity contribution >= 4 is 39.1 Å². The molecule has 1 aliphatic carbocycles. The van der Waals surface area contributed by atoms with Crippen LogP contribution in [0.1, 0.15) is 62.1 Å². The molecule has 37 heavy (non-hydrogen) atoms. The van der Waals surface area contributed by atoms with Crippen molar-refractivity contribution in [2.75, 3.05) is 17.1 Å². The monoisotopic (exact) mass is 547 g/mol. The number of hydrogen-bond donors (Lipinski definition) is 1. The summed E-state index contributed by atoms with van der Waals surface area (Å²) >= 11 is 6.13. The van der Waals surface area contributed by atoms with Crippen LogP contribution in [0.2, 0.25) is 5.02 Å². The minimum atomic E-state index is -3.59. The van der Waals surface area contributed by atoms with Gasteiger partial charge >= 0.3 is 0 Å². The maximum absolute atomic E-state index is 13.5. The molecule has 0 unspecified atom stereocenters. The summed E-state index contributed by atoms with van der Waals surface area (Å²) in [5.41, 5.74) is 3.30. The Hall–Kier alpha value is -2.58. The average Bonchev–Trinajstić information content (AvgIpc) is 3.34. The molecule has 0 radical (unpaired) electrons. The Morgan fingerprint density at radius 3 is 2.41 bits per heavy atom. The van der Waals surface area contributed by atoms with E-state index in [9.17, 15) is 18.0 Å². The maximum Gasteiger partial charge on any atom is 0.242 e. The van der Waals surface area contributed by atoms with Crippen LogP contribution in [0.3, 0.4) is 0 Å². The molecule has 0 aliphatic heterocycles. The van der Waals surface area contributed by atoms with Crippen molar-refractivity contribution in [1.29, 1.82) is 0 Å². The van der Waals surface area contributed by atoms with Gasteiger partial charge in [-0.2, -0.15) is 0 Å². The third-order valence-electron chi connectivity index (χ3n) is 7.06. The Bertz CT molecular complexity index is 1210. The Morgan fingerprint density at radius 2 is 1.76 bits per heavy atom. The topological polar surface area (TPSA) is 86.8 Å². The molecule has 1 aliphatic rings. The number of hydrogen-bond acceptors (Lipinski definition) is 4. The molecule has 0 aromatic heterocycles. The van der Waals surface area contributed by atoms with E-state index in [1.165, 1.54) is 4.31 Å². The van der Waals surface area contributed by atoms with Gasteiger partial charge in [-0.15, -0.1) is 0 Å². The Kier molecular flexibility index (Phi) is 10.0. The van der Waals surface area contributed by atoms with E-state index in [1.54, 1.807) is 30.0 Å². The van der Waals surface area contributed by atoms with Gasteiger partial charge in [-0.05, 0) is 68.9 Å². The molecule has 0 heterocycles. The highest BCUT2D eigenvalue weighted by Gasteiger charge is 2.29. The molecule has 0 spiro atoms. The second-order valence-electron chi connectivity index (χ2n) is 9.98. The molecule has 2 aromatic carbocycles. The van der Waals surface area contributed by atoms with E-state index in [4.69, 9.17) is 11.6 Å². The van der Waals surface area contributed by atoms with Crippen LogP contribution >= 0.6 is 11.6 Å². The van der Waals surface area contributed by atoms with Gasteiger partial charge in [-0.1, -0.05) is 54.8 Å². The number of nitrogens with one attached hydrogen (secondary N) is 1. The lowest BCUT2D eigenvalue weighted by Crippen LogP contribution is -2.49. The lowest BCUT2D eigenvalue weighted by Gasteiger charge is -2.31. The average molecular weight is 548 g/mol. The van der Waals surface area contributed by atoms with Gasteiger partial charge in [0.05, 0.1) is 11.9 Å². The molecule has 202 valence electrons. The van der Waals surface area contributed by atoms with Crippen LogP contribution < -0.4 is 9.62 Å². The third kappa shape index (κ3) is 7.95. The molecule has 7 nitrogen and oxygen atoms in total. The summed E-state index contributed by atoms with van der Waals surface area (Å²) in [4.78, 5) is 28.2. The zero-order chi connectivity index (χ0) is 27.2. The molecule has 1 saturated carbocycles. The van der Waals surface area contributed by atoms with Crippen molar-refractivity contribution in [2.45, 2.75) is 77.9 Å². The van der Waals surface area contributed by atoms with E-state index in [1.807, 2.05) is 38.1 Å². The summed E-state index contributed by atoms with van der Waals surface area (Å²) in [6.45, 7) is 6.02. The number of sulfonamides is 1. The van der Waals surface area contributed by atoms with Gasteiger partial charge in [0.25, 0.3) is 0 Å². The highest BCUT2D eigenvalue weighted by Crippen LogP contribution is 2.27. The lowest BCUT2D eigenvalue weighted by molar-refractivity contribution is -0.141. The number of anilines is 1. The maximum atomic E-state index is 13.5. The fraction of sp³-hybridized carbons (Fsp3) is 0.500. The standard InChI is InChI=1S/C28H38ClN3O4S/c1-20-10-5-6-11-23(20)19-31(22(3)28(34)30-25-12-7-8-13-25)27(33)14-9-17-32(37(4,35)36)26-18-24(29)16-15-21(26)2/h5-6,10-11,15-16,18,22,25H,7-9,12-14,17,19H2,1-4H3,(H,30,34)/t22-/m1/s1. The first-order valence-electron chi connectivity index (χ1n) is 12.9. The second-order valence-corrected chi connectivity index (χ2v) is 12.3. The van der Waals surface area contributed by atoms with Gasteiger partial charge in [0.1, 0.15) is 6.04 Å². The number of nitrogens with zero attached hydrogens (tertiary/aromatic N) is 2. The minimum absolute atomic E-state index is 0.110. The Morgan fingerprint density at radius 1 is 1.08 bits per heavy atom. The molecule has 2 amide bonds. The van der Waals surface area contributed by atoms with E-state index >= 15 is 0 Å². The molecule has 9 heteroatoms. The molecule has 0 saturated heterocycles. The lowest BCUT2D eigenvalue weighted by atomic mass is 10.1. The van der Waals surface area contributed by atoms with Crippen molar-refractivity contribution in [3.05, 3.63) is 64.2 Å². The summed E-state index contributed by atoms with van der Waals surface area (Å²) < 4.78 is 26.5. The van der Waals surface area contributed by atoms with Gasteiger partial charge in [-0.3, -0.25) is 13.9 Å². The van der Waals surface area contributed by atoms with Crippen LogP contribution in [0.4, 0.5) is 5.69 Å². The number of amides is 2. The predicted octanol–water partition coefficient (Wildman–Crippen LogP) is 4.98. The normalized spacial score (nSPS) is 14.8. The first-order valence-corrected chi connectivity index (χ1v) is 15.1. The number of benzene rings is 2. The third-order valence-corrected chi connectivity index (χ3v) is 8.48. The largest absolute Gasteiger partial charge is 0.352 e. The van der Waals surface area contributed by atoms with Gasteiger partial charge < -0.3 is 10.2 Å². The first-order chi connectivity index (χ1) is 17.5. The van der Waals surface area contributed by atoms with Crippen molar-refractivity contribution < 1.29 is 18.0 Å². The predicted molar refractivity (Wildman–Crippen MR) is 149 cm³/mol. The smallest absolute Gasteiger partial charge is 0.242 e. The van der Waals surface area contributed by atoms with Crippen LogP contribution in [0.5, 0.6) is 0 Å². The molecule has 2 aromatic rings. The van der Waals surface area contributed by atoms with Gasteiger partial charge in [-0.25, -0.2) is 8.42 Å². The van der Waals surface area contributed by atoms with E-state index in [0.717, 1.165) is 48.6 Å². The second kappa shape index (κ2) is 12.8. The first kappa shape index (κ1) is 29.0. The SMILES string of the molecule is Cc1ccccc1CN(C(=O)CCCN(c1cc(Cl)ccc1C)S(C)(=O)=O)[C@H](C)C(=O)NC1CCCC1. The fourth-order valence-corrected chi connectivity index (χ4v) is 5.96. The Labute approximate surface area is 226 Å². The van der Waals surface area contributed by atoms with Crippen molar-refractivity contribution in [1.82, 2.24) is 10.2 Å². The summed E-state index contributed by atoms with van der Waals surface area (Å²) in [6.07, 6.45) is 5.71. The molecule has 1 N–H and O–H groups in total. The zero-order valence-electron chi connectivity index (χ0n) is 22.2. The van der Waals surface area contributed by atoms with E-state index in [2.05, 4.69) is 5.32 Å². The molecule has 1 atom stereocenters. The Balaban J connectivity index is 1.75. The molecular weight excluding hydrogens is 510 g/mol. The minimum Gasteiger partial charge on any atom is -0.352 e. The molecule has 1 fully saturated rings. The molecule has 3 rings (SSSR count). The number of halogens is 1. The van der Waals surface area contributed by atoms with Gasteiger partial charge in [0.15, 0.2) is 0 Å². The van der Waals surface area contributed by atoms with Crippen molar-refractivity contribution in [3.63, 3.8) is 0 Å². The number of rotatable bonds is 11. The number of carbonyl (C=O) groups is 2. The van der Waals surface area contributed by atoms with Crippen molar-refractivity contribution in [2.24, 2.45) is 0 Å². The summed E-state index contributed by atoms with van der Waals surface area (Å²) in [5, 5.41) is 3.55. The van der Waals surface area contributed by atoms with Gasteiger partial charge in [0.2, 0.25) is 21.8 Å². The quantitative estimate of drug-likeness (QED) is 0.430. The summed E-state index contributed by atoms with van der Waals surface area (Å²) in [7, 11) is -3.59. The van der Waals surface area contributed by atoms with E-state index in [0.29, 0.717) is 23.7 Å². The zero-order valence-corrected chi connectivity index (χ0v) is 23.7. The van der Waals surface area contributed by atoms with Crippen LogP contribution in [-0.4, -0.2) is 50.0 Å². The number of carbonyl (C=O) groups excluding carboxylic acids is 2. The highest BCUT2D eigenvalue weighted by atomic mass is 35.5. The van der Waals surface area contributed by atoms with E-state index < -0.39 is 16.1 Å². The van der Waals surface area contributed by atoms with Crippen LogP contribution in [0.15, 0.2) is 42.5 Å². The number of aryl methyl sites for hydroxylation is 2. The van der Waals surface area contributed by atoms with E-state index in [-0.39, 0.29) is 30.8 Å². The van der Waals surface area contributed by atoms with Crippen molar-refractivity contribution in [3.8, 4) is 0 Å². The molecular formula is C28H38ClN3O4S. The van der Waals surface area contributed by atoms with Crippen LogP contribution in [0, 0.1) is 13.8 Å². The summed E-state index contributed by atoms with van der Waals surface area (Å²) in [6, 6.07) is 12.4. The molecule has 0 bridgehead atoms. The van der Waals surface area contributed by atoms with Gasteiger partial charge in [0, 0.05) is 30.6 Å². The van der Waals surface area contributed by atoms with Crippen LogP contribution in [0.25, 0.3) is 0 Å². The van der Waals surface area contributed by atoms with Crippen LogP contribution in [-0.2, 0) is 26.2 Å². The summed E-state index contributed by atoms with van der Waals surface area (Å²) in [5.74, 6) is -0.338.